The molecular weight excluding hydrogens is 300 g/mol. The van der Waals surface area contributed by atoms with Crippen molar-refractivity contribution in [3.05, 3.63) is 59.7 Å². The Bertz CT molecular complexity index is 789. The van der Waals surface area contributed by atoms with Gasteiger partial charge in [-0.05, 0) is 29.7 Å². The molecule has 5 nitrogen and oxygen atoms in total. The topological polar surface area (TPSA) is 81.4 Å². The van der Waals surface area contributed by atoms with Gasteiger partial charge in [-0.25, -0.2) is 13.1 Å². The highest BCUT2D eigenvalue weighted by molar-refractivity contribution is 7.89. The highest BCUT2D eigenvalue weighted by atomic mass is 32.2. The molecule has 0 aliphatic heterocycles. The SMILES string of the molecule is COc1ccccc1S(=O)(=O)N[C@@H]1Cc2ccccc2[C@H]1N. The van der Waals surface area contributed by atoms with Gasteiger partial charge in [0, 0.05) is 12.1 Å². The number of sulfonamides is 1. The molecule has 0 radical (unpaired) electrons. The summed E-state index contributed by atoms with van der Waals surface area (Å²) in [5.41, 5.74) is 8.27. The van der Waals surface area contributed by atoms with E-state index in [2.05, 4.69) is 4.72 Å². The quantitative estimate of drug-likeness (QED) is 0.897. The zero-order chi connectivity index (χ0) is 15.7. The molecule has 2 aromatic rings. The second-order valence-corrected chi connectivity index (χ2v) is 6.99. The zero-order valence-corrected chi connectivity index (χ0v) is 13.0. The number of fused-ring (bicyclic) bond motifs is 1. The average Bonchev–Trinajstić information content (AvgIpc) is 2.83. The molecule has 1 aliphatic carbocycles. The van der Waals surface area contributed by atoms with Crippen LogP contribution in [0.1, 0.15) is 17.2 Å². The molecule has 0 amide bonds. The van der Waals surface area contributed by atoms with E-state index >= 15 is 0 Å². The van der Waals surface area contributed by atoms with Crippen LogP contribution in [-0.4, -0.2) is 21.6 Å². The highest BCUT2D eigenvalue weighted by Gasteiger charge is 2.33. The summed E-state index contributed by atoms with van der Waals surface area (Å²) >= 11 is 0. The molecule has 0 bridgehead atoms. The van der Waals surface area contributed by atoms with Crippen LogP contribution in [0.2, 0.25) is 0 Å². The Morgan fingerprint density at radius 2 is 1.82 bits per heavy atom. The third-order valence-corrected chi connectivity index (χ3v) is 5.48. The number of hydrogen-bond acceptors (Lipinski definition) is 4. The summed E-state index contributed by atoms with van der Waals surface area (Å²) < 4.78 is 33.1. The van der Waals surface area contributed by atoms with Crippen LogP contribution in [0.4, 0.5) is 0 Å². The third kappa shape index (κ3) is 2.61. The van der Waals surface area contributed by atoms with Crippen molar-refractivity contribution in [1.82, 2.24) is 4.72 Å². The number of ether oxygens (including phenoxy) is 1. The van der Waals surface area contributed by atoms with Gasteiger partial charge >= 0.3 is 0 Å². The van der Waals surface area contributed by atoms with Crippen molar-refractivity contribution in [3.8, 4) is 5.75 Å². The number of nitrogens with two attached hydrogens (primary N) is 1. The largest absolute Gasteiger partial charge is 0.495 e. The lowest BCUT2D eigenvalue weighted by atomic mass is 10.1. The van der Waals surface area contributed by atoms with Gasteiger partial charge in [0.1, 0.15) is 10.6 Å². The first-order valence-corrected chi connectivity index (χ1v) is 8.50. The average molecular weight is 318 g/mol. The molecule has 0 aromatic heterocycles. The Morgan fingerprint density at radius 3 is 2.55 bits per heavy atom. The minimum absolute atomic E-state index is 0.126. The monoisotopic (exact) mass is 318 g/mol. The van der Waals surface area contributed by atoms with Gasteiger partial charge in [0.2, 0.25) is 10.0 Å². The number of nitrogens with one attached hydrogen (secondary N) is 1. The predicted molar refractivity (Wildman–Crippen MR) is 84.2 cm³/mol. The van der Waals surface area contributed by atoms with E-state index in [1.54, 1.807) is 18.2 Å². The molecule has 0 saturated heterocycles. The van der Waals surface area contributed by atoms with Crippen LogP contribution in [0.25, 0.3) is 0 Å². The molecule has 0 fully saturated rings. The standard InChI is InChI=1S/C16H18N2O3S/c1-21-14-8-4-5-9-15(14)22(19,20)18-13-10-11-6-2-3-7-12(11)16(13)17/h2-9,13,16,18H,10,17H2,1H3/t13-,16-/m1/s1. The number of para-hydroxylation sites is 1. The smallest absolute Gasteiger partial charge is 0.244 e. The summed E-state index contributed by atoms with van der Waals surface area (Å²) in [7, 11) is -2.24. The summed E-state index contributed by atoms with van der Waals surface area (Å²) in [5, 5.41) is 0. The van der Waals surface area contributed by atoms with E-state index in [1.807, 2.05) is 24.3 Å². The summed E-state index contributed by atoms with van der Waals surface area (Å²) in [6, 6.07) is 13.6. The second-order valence-electron chi connectivity index (χ2n) is 5.31. The zero-order valence-electron chi connectivity index (χ0n) is 12.2. The first-order chi connectivity index (χ1) is 10.5. The van der Waals surface area contributed by atoms with Crippen LogP contribution >= 0.6 is 0 Å². The minimum atomic E-state index is -3.69. The van der Waals surface area contributed by atoms with Crippen LogP contribution in [0, 0.1) is 0 Å². The van der Waals surface area contributed by atoms with Crippen molar-refractivity contribution < 1.29 is 13.2 Å². The van der Waals surface area contributed by atoms with Crippen molar-refractivity contribution >= 4 is 10.0 Å². The van der Waals surface area contributed by atoms with Crippen LogP contribution < -0.4 is 15.2 Å². The molecule has 3 N–H and O–H groups in total. The fourth-order valence-electron chi connectivity index (χ4n) is 2.84. The Kier molecular flexibility index (Phi) is 3.90. The lowest BCUT2D eigenvalue weighted by Gasteiger charge is -2.19. The Labute approximate surface area is 130 Å². The van der Waals surface area contributed by atoms with Gasteiger partial charge in [-0.3, -0.25) is 0 Å². The predicted octanol–water partition coefficient (Wildman–Crippen LogP) is 1.60. The van der Waals surface area contributed by atoms with Crippen molar-refractivity contribution in [2.75, 3.05) is 7.11 Å². The first-order valence-electron chi connectivity index (χ1n) is 7.01. The van der Waals surface area contributed by atoms with Gasteiger partial charge in [-0.2, -0.15) is 0 Å². The van der Waals surface area contributed by atoms with E-state index < -0.39 is 10.0 Å². The lowest BCUT2D eigenvalue weighted by molar-refractivity contribution is 0.401. The van der Waals surface area contributed by atoms with E-state index in [1.165, 1.54) is 13.2 Å². The van der Waals surface area contributed by atoms with Crippen molar-refractivity contribution in [2.45, 2.75) is 23.4 Å². The van der Waals surface area contributed by atoms with Gasteiger partial charge in [0.25, 0.3) is 0 Å². The second kappa shape index (κ2) is 5.72. The fraction of sp³-hybridized carbons (Fsp3) is 0.250. The van der Waals surface area contributed by atoms with Crippen LogP contribution in [0.3, 0.4) is 0 Å². The number of hydrogen-bond donors (Lipinski definition) is 2. The van der Waals surface area contributed by atoms with Gasteiger partial charge in [-0.1, -0.05) is 36.4 Å². The minimum Gasteiger partial charge on any atom is -0.495 e. The maximum Gasteiger partial charge on any atom is 0.244 e. The van der Waals surface area contributed by atoms with Crippen LogP contribution in [-0.2, 0) is 16.4 Å². The Morgan fingerprint density at radius 1 is 1.14 bits per heavy atom. The Hall–Kier alpha value is -1.89. The molecule has 1 aliphatic rings. The summed E-state index contributed by atoms with van der Waals surface area (Å²) in [4.78, 5) is 0.126. The molecule has 2 aromatic carbocycles. The maximum atomic E-state index is 12.6. The van der Waals surface area contributed by atoms with Crippen molar-refractivity contribution in [1.29, 1.82) is 0 Å². The summed E-state index contributed by atoms with van der Waals surface area (Å²) in [5.74, 6) is 0.319. The van der Waals surface area contributed by atoms with E-state index in [0.29, 0.717) is 12.2 Å². The molecule has 22 heavy (non-hydrogen) atoms. The van der Waals surface area contributed by atoms with Crippen LogP contribution in [0.15, 0.2) is 53.4 Å². The van der Waals surface area contributed by atoms with Gasteiger partial charge in [0.05, 0.1) is 7.11 Å². The van der Waals surface area contributed by atoms with Crippen molar-refractivity contribution in [3.63, 3.8) is 0 Å². The van der Waals surface area contributed by atoms with E-state index in [9.17, 15) is 8.42 Å². The van der Waals surface area contributed by atoms with E-state index in [0.717, 1.165) is 11.1 Å². The molecule has 3 rings (SSSR count). The molecule has 0 saturated carbocycles. The molecule has 0 spiro atoms. The normalized spacial score (nSPS) is 20.6. The van der Waals surface area contributed by atoms with Crippen LogP contribution in [0.5, 0.6) is 5.75 Å². The highest BCUT2D eigenvalue weighted by Crippen LogP contribution is 2.31. The van der Waals surface area contributed by atoms with Gasteiger partial charge < -0.3 is 10.5 Å². The number of benzene rings is 2. The molecular formula is C16H18N2O3S. The van der Waals surface area contributed by atoms with Gasteiger partial charge in [-0.15, -0.1) is 0 Å². The molecule has 0 unspecified atom stereocenters. The summed E-state index contributed by atoms with van der Waals surface area (Å²) in [6.45, 7) is 0. The summed E-state index contributed by atoms with van der Waals surface area (Å²) in [6.07, 6.45) is 0.589. The van der Waals surface area contributed by atoms with E-state index in [4.69, 9.17) is 10.5 Å². The lowest BCUT2D eigenvalue weighted by Crippen LogP contribution is -2.40. The number of rotatable bonds is 4. The molecule has 0 heterocycles. The van der Waals surface area contributed by atoms with Gasteiger partial charge in [0.15, 0.2) is 0 Å². The first kappa shape index (κ1) is 15.0. The Balaban J connectivity index is 1.88. The molecule has 6 heteroatoms. The maximum absolute atomic E-state index is 12.6. The molecule has 116 valence electrons. The third-order valence-electron chi connectivity index (χ3n) is 3.95. The molecule has 2 atom stereocenters. The fourth-order valence-corrected chi connectivity index (χ4v) is 4.27. The van der Waals surface area contributed by atoms with Crippen molar-refractivity contribution in [2.24, 2.45) is 5.73 Å². The number of methoxy groups -OCH3 is 1. The van der Waals surface area contributed by atoms with E-state index in [-0.39, 0.29) is 17.0 Å².